The second kappa shape index (κ2) is 10.5. The Labute approximate surface area is 162 Å². The Balaban J connectivity index is 2.90. The summed E-state index contributed by atoms with van der Waals surface area (Å²) in [6, 6.07) is 0. The highest BCUT2D eigenvalue weighted by atomic mass is 16.6. The first-order valence-corrected chi connectivity index (χ1v) is 9.79. The second-order valence-corrected chi connectivity index (χ2v) is 7.96. The predicted octanol–water partition coefficient (Wildman–Crippen LogP) is 1.17. The Bertz CT molecular complexity index is 491. The van der Waals surface area contributed by atoms with Crippen LogP contribution in [0.3, 0.4) is 0 Å². The van der Waals surface area contributed by atoms with Gasteiger partial charge in [0.05, 0.1) is 31.0 Å². The minimum Gasteiger partial charge on any atom is -0.456 e. The molecule has 1 heterocycles. The van der Waals surface area contributed by atoms with Crippen molar-refractivity contribution in [3.8, 4) is 0 Å². The quantitative estimate of drug-likeness (QED) is 0.399. The molecule has 4 N–H and O–H groups in total. The molecule has 0 radical (unpaired) electrons. The van der Waals surface area contributed by atoms with Gasteiger partial charge in [-0.1, -0.05) is 33.6 Å². The predicted molar refractivity (Wildman–Crippen MR) is 101 cm³/mol. The molecule has 1 saturated heterocycles. The van der Waals surface area contributed by atoms with Crippen LogP contribution in [0.5, 0.6) is 0 Å². The van der Waals surface area contributed by atoms with Gasteiger partial charge < -0.3 is 29.9 Å². The lowest BCUT2D eigenvalue weighted by Crippen LogP contribution is -2.56. The monoisotopic (exact) mass is 388 g/mol. The van der Waals surface area contributed by atoms with Crippen LogP contribution in [0.2, 0.25) is 0 Å². The maximum atomic E-state index is 12.2. The standard InChI is InChI=1S/C20H36O7/c1-6-7-8-15(21)9-10-16(22)27-17-13(3)19(24)20(5,25)18(23)12(2)11-26-14(17)4/h9-10,12-15,17-19,21,23-25H,6-8,11H2,1-5H3/b10-9+/t12-,13-,14-,15?,17+,18+,19-,20+/m0/s1. The van der Waals surface area contributed by atoms with Gasteiger partial charge in [-0.2, -0.15) is 0 Å². The number of rotatable bonds is 6. The van der Waals surface area contributed by atoms with E-state index in [1.807, 2.05) is 6.92 Å². The minimum atomic E-state index is -1.77. The fourth-order valence-corrected chi connectivity index (χ4v) is 3.46. The molecule has 8 atom stereocenters. The van der Waals surface area contributed by atoms with E-state index in [1.165, 1.54) is 19.1 Å². The third kappa shape index (κ3) is 6.54. The molecule has 1 unspecified atom stereocenters. The van der Waals surface area contributed by atoms with Gasteiger partial charge in [0.2, 0.25) is 0 Å². The van der Waals surface area contributed by atoms with E-state index < -0.39 is 53.9 Å². The molecule has 0 aromatic heterocycles. The molecule has 27 heavy (non-hydrogen) atoms. The molecule has 7 heteroatoms. The van der Waals surface area contributed by atoms with Crippen LogP contribution in [0.25, 0.3) is 0 Å². The summed E-state index contributed by atoms with van der Waals surface area (Å²) in [5.74, 6) is -1.75. The third-order valence-electron chi connectivity index (χ3n) is 5.40. The Morgan fingerprint density at radius 2 is 1.93 bits per heavy atom. The van der Waals surface area contributed by atoms with Crippen molar-refractivity contribution in [2.24, 2.45) is 11.8 Å². The molecule has 0 bridgehead atoms. The van der Waals surface area contributed by atoms with Gasteiger partial charge in [0.25, 0.3) is 0 Å². The molecule has 1 aliphatic rings. The van der Waals surface area contributed by atoms with E-state index in [0.29, 0.717) is 6.42 Å². The summed E-state index contributed by atoms with van der Waals surface area (Å²) in [4.78, 5) is 12.2. The Hall–Kier alpha value is -0.990. The molecule has 0 amide bonds. The highest BCUT2D eigenvalue weighted by Gasteiger charge is 2.48. The number of unbranched alkanes of at least 4 members (excludes halogenated alkanes) is 1. The van der Waals surface area contributed by atoms with Crippen molar-refractivity contribution in [1.82, 2.24) is 0 Å². The lowest BCUT2D eigenvalue weighted by atomic mass is 9.78. The molecule has 7 nitrogen and oxygen atoms in total. The van der Waals surface area contributed by atoms with Crippen molar-refractivity contribution in [2.75, 3.05) is 6.61 Å². The van der Waals surface area contributed by atoms with Crippen LogP contribution in [0.1, 0.15) is 53.9 Å². The van der Waals surface area contributed by atoms with Crippen molar-refractivity contribution in [1.29, 1.82) is 0 Å². The van der Waals surface area contributed by atoms with E-state index >= 15 is 0 Å². The van der Waals surface area contributed by atoms with Crippen molar-refractivity contribution in [3.63, 3.8) is 0 Å². The van der Waals surface area contributed by atoms with Gasteiger partial charge in [0.1, 0.15) is 11.7 Å². The van der Waals surface area contributed by atoms with Gasteiger partial charge in [-0.15, -0.1) is 0 Å². The summed E-state index contributed by atoms with van der Waals surface area (Å²) in [5.41, 5.74) is -1.77. The number of hydrogen-bond donors (Lipinski definition) is 4. The van der Waals surface area contributed by atoms with E-state index in [1.54, 1.807) is 20.8 Å². The van der Waals surface area contributed by atoms with E-state index in [9.17, 15) is 25.2 Å². The normalized spacial score (nSPS) is 39.4. The van der Waals surface area contributed by atoms with Crippen LogP contribution >= 0.6 is 0 Å². The number of aliphatic hydroxyl groups is 4. The molecular formula is C20H36O7. The van der Waals surface area contributed by atoms with E-state index in [0.717, 1.165) is 12.8 Å². The molecule has 1 aliphatic heterocycles. The Kier molecular flexibility index (Phi) is 9.38. The fourth-order valence-electron chi connectivity index (χ4n) is 3.46. The molecule has 0 saturated carbocycles. The molecule has 0 spiro atoms. The summed E-state index contributed by atoms with van der Waals surface area (Å²) >= 11 is 0. The van der Waals surface area contributed by atoms with E-state index in [4.69, 9.17) is 9.47 Å². The Morgan fingerprint density at radius 1 is 1.30 bits per heavy atom. The first kappa shape index (κ1) is 24.0. The number of carbonyl (C=O) groups excluding carboxylic acids is 1. The van der Waals surface area contributed by atoms with Gasteiger partial charge in [0.15, 0.2) is 0 Å². The van der Waals surface area contributed by atoms with Crippen LogP contribution in [-0.4, -0.2) is 69.1 Å². The van der Waals surface area contributed by atoms with Gasteiger partial charge in [-0.3, -0.25) is 0 Å². The Morgan fingerprint density at radius 3 is 2.52 bits per heavy atom. The lowest BCUT2D eigenvalue weighted by molar-refractivity contribution is -0.180. The number of carbonyl (C=O) groups is 1. The zero-order chi connectivity index (χ0) is 20.8. The first-order chi connectivity index (χ1) is 12.5. The van der Waals surface area contributed by atoms with Crippen LogP contribution in [0.15, 0.2) is 12.2 Å². The van der Waals surface area contributed by atoms with Crippen molar-refractivity contribution in [3.05, 3.63) is 12.2 Å². The number of ether oxygens (including phenoxy) is 2. The zero-order valence-corrected chi connectivity index (χ0v) is 17.0. The summed E-state index contributed by atoms with van der Waals surface area (Å²) in [7, 11) is 0. The van der Waals surface area contributed by atoms with Crippen LogP contribution in [0.4, 0.5) is 0 Å². The van der Waals surface area contributed by atoms with Gasteiger partial charge in [-0.05, 0) is 26.3 Å². The van der Waals surface area contributed by atoms with E-state index in [2.05, 4.69) is 0 Å². The van der Waals surface area contributed by atoms with Crippen molar-refractivity contribution in [2.45, 2.75) is 90.0 Å². The van der Waals surface area contributed by atoms with Crippen LogP contribution in [-0.2, 0) is 14.3 Å². The molecular weight excluding hydrogens is 352 g/mol. The number of aliphatic hydroxyl groups excluding tert-OH is 3. The van der Waals surface area contributed by atoms with Gasteiger partial charge >= 0.3 is 5.97 Å². The summed E-state index contributed by atoms with van der Waals surface area (Å²) < 4.78 is 11.2. The topological polar surface area (TPSA) is 116 Å². The van der Waals surface area contributed by atoms with Crippen LogP contribution in [0, 0.1) is 11.8 Å². The summed E-state index contributed by atoms with van der Waals surface area (Å²) in [6.45, 7) is 8.62. The molecule has 1 fully saturated rings. The van der Waals surface area contributed by atoms with Crippen LogP contribution < -0.4 is 0 Å². The minimum absolute atomic E-state index is 0.150. The van der Waals surface area contributed by atoms with Gasteiger partial charge in [0, 0.05) is 17.9 Å². The molecule has 158 valence electrons. The first-order valence-electron chi connectivity index (χ1n) is 9.79. The van der Waals surface area contributed by atoms with Crippen molar-refractivity contribution < 1.29 is 34.7 Å². The summed E-state index contributed by atoms with van der Waals surface area (Å²) in [5, 5.41) is 41.4. The molecule has 1 rings (SSSR count). The van der Waals surface area contributed by atoms with Gasteiger partial charge in [-0.25, -0.2) is 4.79 Å². The molecule has 0 aromatic rings. The lowest BCUT2D eigenvalue weighted by Gasteiger charge is -2.39. The highest BCUT2D eigenvalue weighted by molar-refractivity contribution is 5.82. The molecule has 0 aliphatic carbocycles. The average Bonchev–Trinajstić information content (AvgIpc) is 2.65. The van der Waals surface area contributed by atoms with E-state index in [-0.39, 0.29) is 6.61 Å². The second-order valence-electron chi connectivity index (χ2n) is 7.96. The smallest absolute Gasteiger partial charge is 0.330 e. The highest BCUT2D eigenvalue weighted by Crippen LogP contribution is 2.32. The maximum absolute atomic E-state index is 12.2. The largest absolute Gasteiger partial charge is 0.456 e. The SMILES string of the molecule is CCCCC(O)/C=C/C(=O)O[C@@H]1[C@H](C)[C@H](O)[C@](C)(O)[C@H](O)[C@@H](C)CO[C@H]1C. The fraction of sp³-hybridized carbons (Fsp3) is 0.850. The number of esters is 1. The molecule has 0 aromatic carbocycles. The summed E-state index contributed by atoms with van der Waals surface area (Å²) in [6.07, 6.45) is 0.341. The third-order valence-corrected chi connectivity index (χ3v) is 5.40. The maximum Gasteiger partial charge on any atom is 0.330 e. The average molecular weight is 389 g/mol. The number of hydrogen-bond acceptors (Lipinski definition) is 7. The van der Waals surface area contributed by atoms with Crippen molar-refractivity contribution >= 4 is 5.97 Å². The zero-order valence-electron chi connectivity index (χ0n) is 17.0.